The number of hydrogen-bond acceptors (Lipinski definition) is 6. The highest BCUT2D eigenvalue weighted by molar-refractivity contribution is 7.07. The molecule has 1 aromatic carbocycles. The number of unbranched alkanes of at least 4 members (excludes halogenated alkanes) is 1. The van der Waals surface area contributed by atoms with Gasteiger partial charge in [-0.05, 0) is 111 Å². The molecule has 0 amide bonds. The van der Waals surface area contributed by atoms with Crippen molar-refractivity contribution in [1.29, 1.82) is 0 Å². The third-order valence-electron chi connectivity index (χ3n) is 7.56. The monoisotopic (exact) mass is 530 g/mol. The minimum atomic E-state index is -0.809. The fourth-order valence-corrected chi connectivity index (χ4v) is 6.39. The van der Waals surface area contributed by atoms with Gasteiger partial charge in [-0.2, -0.15) is 11.3 Å². The Morgan fingerprint density at radius 3 is 2.78 bits per heavy atom. The van der Waals surface area contributed by atoms with Crippen molar-refractivity contribution in [2.24, 2.45) is 5.41 Å². The van der Waals surface area contributed by atoms with Crippen LogP contribution in [-0.2, 0) is 11.2 Å². The Morgan fingerprint density at radius 1 is 1.28 bits per heavy atom. The molecule has 2 aromatic heterocycles. The van der Waals surface area contributed by atoms with Gasteiger partial charge < -0.3 is 19.8 Å². The zero-order valence-electron chi connectivity index (χ0n) is 20.8. The second-order valence-electron chi connectivity index (χ2n) is 9.96. The molecule has 1 unspecified atom stereocenters. The van der Waals surface area contributed by atoms with Gasteiger partial charge in [0.2, 0.25) is 0 Å². The van der Waals surface area contributed by atoms with Crippen molar-refractivity contribution in [2.75, 3.05) is 26.7 Å². The van der Waals surface area contributed by atoms with E-state index < -0.39 is 12.1 Å². The molecule has 194 valence electrons. The lowest BCUT2D eigenvalue weighted by Crippen LogP contribution is -2.41. The van der Waals surface area contributed by atoms with Crippen molar-refractivity contribution < 1.29 is 19.7 Å². The van der Waals surface area contributed by atoms with Crippen molar-refractivity contribution >= 4 is 39.8 Å². The van der Waals surface area contributed by atoms with Crippen LogP contribution in [0.15, 0.2) is 41.2 Å². The Hall–Kier alpha value is -2.19. The van der Waals surface area contributed by atoms with Crippen LogP contribution in [0.3, 0.4) is 0 Å². The number of fused-ring (bicyclic) bond motifs is 1. The summed E-state index contributed by atoms with van der Waals surface area (Å²) in [4.78, 5) is 18.6. The second kappa shape index (κ2) is 12.4. The number of carboxylic acid groups (broad SMARTS) is 1. The topological polar surface area (TPSA) is 82.9 Å². The maximum atomic E-state index is 11.8. The summed E-state index contributed by atoms with van der Waals surface area (Å²) in [5.74, 6) is -0.101. The molecule has 2 N–H and O–H groups in total. The summed E-state index contributed by atoms with van der Waals surface area (Å²) in [6.07, 6.45) is 7.07. The number of piperidine rings is 1. The van der Waals surface area contributed by atoms with E-state index in [4.69, 9.17) is 16.3 Å². The molecule has 4 rings (SSSR count). The smallest absolute Gasteiger partial charge is 0.303 e. The number of nitrogens with zero attached hydrogens (tertiary/aromatic N) is 2. The van der Waals surface area contributed by atoms with E-state index in [1.54, 1.807) is 24.6 Å². The SMILES string of the molecule is COc1ccc2ncc(Cl)c(C(O)CCC3(CC(=O)O)CCN(CCCCc4ccsc4)CC3)c2c1. The van der Waals surface area contributed by atoms with Crippen molar-refractivity contribution in [3.8, 4) is 5.75 Å². The minimum absolute atomic E-state index is 0.129. The average molecular weight is 531 g/mol. The Balaban J connectivity index is 1.37. The van der Waals surface area contributed by atoms with E-state index >= 15 is 0 Å². The fourth-order valence-electron chi connectivity index (χ4n) is 5.41. The highest BCUT2D eigenvalue weighted by Gasteiger charge is 2.37. The maximum absolute atomic E-state index is 11.8. The molecule has 0 spiro atoms. The number of aliphatic hydroxyl groups excluding tert-OH is 1. The van der Waals surface area contributed by atoms with Gasteiger partial charge in [-0.1, -0.05) is 11.6 Å². The van der Waals surface area contributed by atoms with E-state index in [0.717, 1.165) is 56.2 Å². The van der Waals surface area contributed by atoms with Crippen LogP contribution in [0.4, 0.5) is 0 Å². The van der Waals surface area contributed by atoms with E-state index in [1.807, 2.05) is 18.2 Å². The maximum Gasteiger partial charge on any atom is 0.303 e. The first-order chi connectivity index (χ1) is 17.4. The predicted octanol–water partition coefficient (Wildman–Crippen LogP) is 6.35. The van der Waals surface area contributed by atoms with Gasteiger partial charge in [0.25, 0.3) is 0 Å². The highest BCUT2D eigenvalue weighted by atomic mass is 35.5. The molecular weight excluding hydrogens is 496 g/mol. The standard InChI is InChI=1S/C28H35ClN2O4S/c1-35-21-5-6-24-22(16-21)27(23(29)18-30-24)25(32)7-9-28(17-26(33)34)10-13-31(14-11-28)12-3-2-4-20-8-15-36-19-20/h5-6,8,15-16,18-19,25,32H,2-4,7,9-14,17H2,1H3,(H,33,34). The quantitative estimate of drug-likeness (QED) is 0.265. The lowest BCUT2D eigenvalue weighted by molar-refractivity contribution is -0.141. The molecule has 0 bridgehead atoms. The Kier molecular flexibility index (Phi) is 9.23. The number of aliphatic carboxylic acids is 1. The van der Waals surface area contributed by atoms with Crippen LogP contribution in [0.1, 0.15) is 62.2 Å². The van der Waals surface area contributed by atoms with Gasteiger partial charge in [0.1, 0.15) is 5.75 Å². The zero-order chi connectivity index (χ0) is 25.5. The normalized spacial score (nSPS) is 16.8. The number of pyridine rings is 1. The molecule has 8 heteroatoms. The number of aromatic nitrogens is 1. The van der Waals surface area contributed by atoms with Gasteiger partial charge in [-0.3, -0.25) is 9.78 Å². The van der Waals surface area contributed by atoms with E-state index in [0.29, 0.717) is 29.2 Å². The summed E-state index contributed by atoms with van der Waals surface area (Å²) in [7, 11) is 1.60. The first kappa shape index (κ1) is 26.9. The molecule has 1 saturated heterocycles. The molecule has 1 fully saturated rings. The van der Waals surface area contributed by atoms with Crippen molar-refractivity contribution in [2.45, 2.75) is 57.5 Å². The number of carboxylic acids is 1. The first-order valence-corrected chi connectivity index (χ1v) is 14.0. The van der Waals surface area contributed by atoms with Crippen LogP contribution in [0.25, 0.3) is 10.9 Å². The second-order valence-corrected chi connectivity index (χ2v) is 11.1. The molecule has 0 saturated carbocycles. The van der Waals surface area contributed by atoms with Gasteiger partial charge in [0.05, 0.1) is 30.2 Å². The number of benzene rings is 1. The number of ether oxygens (including phenoxy) is 1. The number of likely N-dealkylation sites (tertiary alicyclic amines) is 1. The van der Waals surface area contributed by atoms with Crippen LogP contribution in [0, 0.1) is 5.41 Å². The number of hydrogen-bond donors (Lipinski definition) is 2. The largest absolute Gasteiger partial charge is 0.497 e. The molecule has 3 aromatic rings. The van der Waals surface area contributed by atoms with E-state index in [1.165, 1.54) is 12.0 Å². The van der Waals surface area contributed by atoms with Gasteiger partial charge >= 0.3 is 5.97 Å². The van der Waals surface area contributed by atoms with Gasteiger partial charge in [0.15, 0.2) is 0 Å². The lowest BCUT2D eigenvalue weighted by Gasteiger charge is -2.41. The molecular formula is C28H35ClN2O4S. The Labute approximate surface area is 221 Å². The van der Waals surface area contributed by atoms with E-state index in [-0.39, 0.29) is 11.8 Å². The molecule has 1 aliphatic rings. The van der Waals surface area contributed by atoms with Crippen molar-refractivity contribution in [3.05, 3.63) is 57.4 Å². The summed E-state index contributed by atoms with van der Waals surface area (Å²) >= 11 is 8.23. The van der Waals surface area contributed by atoms with Gasteiger partial charge in [0, 0.05) is 17.1 Å². The summed E-state index contributed by atoms with van der Waals surface area (Å²) in [6, 6.07) is 7.72. The number of carbonyl (C=O) groups is 1. The lowest BCUT2D eigenvalue weighted by atomic mass is 9.71. The van der Waals surface area contributed by atoms with Gasteiger partial charge in [-0.25, -0.2) is 0 Å². The first-order valence-electron chi connectivity index (χ1n) is 12.6. The number of aryl methyl sites for hydroxylation is 1. The van der Waals surface area contributed by atoms with E-state index in [2.05, 4.69) is 26.7 Å². The summed E-state index contributed by atoms with van der Waals surface area (Å²) in [5, 5.41) is 26.4. The molecule has 0 aliphatic carbocycles. The molecule has 6 nitrogen and oxygen atoms in total. The average Bonchev–Trinajstić information content (AvgIpc) is 3.39. The molecule has 1 aliphatic heterocycles. The van der Waals surface area contributed by atoms with Crippen molar-refractivity contribution in [1.82, 2.24) is 9.88 Å². The third-order valence-corrected chi connectivity index (χ3v) is 8.60. The van der Waals surface area contributed by atoms with Gasteiger partial charge in [-0.15, -0.1) is 0 Å². The van der Waals surface area contributed by atoms with Crippen LogP contribution < -0.4 is 4.74 Å². The van der Waals surface area contributed by atoms with Crippen LogP contribution in [0.5, 0.6) is 5.75 Å². The summed E-state index contributed by atoms with van der Waals surface area (Å²) < 4.78 is 5.35. The molecule has 1 atom stereocenters. The van der Waals surface area contributed by atoms with Crippen LogP contribution in [-0.4, -0.2) is 52.8 Å². The van der Waals surface area contributed by atoms with Crippen LogP contribution >= 0.6 is 22.9 Å². The number of halogens is 1. The zero-order valence-corrected chi connectivity index (χ0v) is 22.4. The highest BCUT2D eigenvalue weighted by Crippen LogP contribution is 2.43. The minimum Gasteiger partial charge on any atom is -0.497 e. The van der Waals surface area contributed by atoms with Crippen molar-refractivity contribution in [3.63, 3.8) is 0 Å². The summed E-state index contributed by atoms with van der Waals surface area (Å²) in [5.41, 5.74) is 2.47. The predicted molar refractivity (Wildman–Crippen MR) is 145 cm³/mol. The number of thiophene rings is 1. The van der Waals surface area contributed by atoms with Crippen LogP contribution in [0.2, 0.25) is 5.02 Å². The molecule has 3 heterocycles. The number of aliphatic hydroxyl groups is 1. The van der Waals surface area contributed by atoms with E-state index in [9.17, 15) is 15.0 Å². The third kappa shape index (κ3) is 6.76. The fraction of sp³-hybridized carbons (Fsp3) is 0.500. The summed E-state index contributed by atoms with van der Waals surface area (Å²) in [6.45, 7) is 2.85. The number of methoxy groups -OCH3 is 1. The Morgan fingerprint density at radius 2 is 2.08 bits per heavy atom. The molecule has 0 radical (unpaired) electrons. The Bertz CT molecular complexity index is 1150. The molecule has 36 heavy (non-hydrogen) atoms. The number of rotatable bonds is 12.